The molecule has 1 saturated heterocycles. The molecule has 3 rings (SSSR count). The quantitative estimate of drug-likeness (QED) is 0.456. The summed E-state index contributed by atoms with van der Waals surface area (Å²) in [5, 5.41) is 10.7. The van der Waals surface area contributed by atoms with Gasteiger partial charge in [-0.15, -0.1) is 11.8 Å². The fourth-order valence-corrected chi connectivity index (χ4v) is 3.63. The Hall–Kier alpha value is -2.61. The molecule has 1 heterocycles. The van der Waals surface area contributed by atoms with Crippen LogP contribution >= 0.6 is 11.8 Å². The minimum Gasteiger partial charge on any atom is -0.368 e. The number of hydrogen-bond donors (Lipinski definition) is 0. The van der Waals surface area contributed by atoms with E-state index in [1.54, 1.807) is 35.2 Å². The molecule has 0 aromatic heterocycles. The number of amides is 1. The highest BCUT2D eigenvalue weighted by molar-refractivity contribution is 8.00. The number of carbonyl (C=O) groups is 1. The third kappa shape index (κ3) is 4.32. The molecule has 0 spiro atoms. The Bertz CT molecular complexity index is 793. The molecule has 2 aromatic rings. The maximum atomic E-state index is 13.6. The number of anilines is 1. The summed E-state index contributed by atoms with van der Waals surface area (Å²) in [6, 6.07) is 12.8. The zero-order chi connectivity index (χ0) is 18.5. The number of piperazine rings is 1. The maximum Gasteiger partial charge on any atom is 0.269 e. The number of carbonyl (C=O) groups excluding carboxylic acids is 1. The van der Waals surface area contributed by atoms with Crippen molar-refractivity contribution in [3.8, 4) is 0 Å². The van der Waals surface area contributed by atoms with Crippen molar-refractivity contribution >= 4 is 29.0 Å². The summed E-state index contributed by atoms with van der Waals surface area (Å²) in [5.41, 5.74) is 0.969. The van der Waals surface area contributed by atoms with E-state index < -0.39 is 4.92 Å². The number of hydrogen-bond acceptors (Lipinski definition) is 5. The molecule has 6 nitrogen and oxygen atoms in total. The molecular formula is C18H18FN3O3S. The van der Waals surface area contributed by atoms with Crippen molar-refractivity contribution < 1.29 is 14.1 Å². The van der Waals surface area contributed by atoms with Crippen LogP contribution in [0.5, 0.6) is 0 Å². The molecule has 0 radical (unpaired) electrons. The smallest absolute Gasteiger partial charge is 0.269 e. The highest BCUT2D eigenvalue weighted by Crippen LogP contribution is 2.23. The lowest BCUT2D eigenvalue weighted by Gasteiger charge is -2.36. The molecule has 1 aliphatic rings. The second-order valence-electron chi connectivity index (χ2n) is 5.86. The molecule has 2 aromatic carbocycles. The molecule has 1 aliphatic heterocycles. The van der Waals surface area contributed by atoms with Crippen LogP contribution in [0.15, 0.2) is 53.4 Å². The fraction of sp³-hybridized carbons (Fsp3) is 0.278. The lowest BCUT2D eigenvalue weighted by atomic mass is 10.2. The van der Waals surface area contributed by atoms with Gasteiger partial charge in [-0.3, -0.25) is 14.9 Å². The largest absolute Gasteiger partial charge is 0.368 e. The predicted molar refractivity (Wildman–Crippen MR) is 99.0 cm³/mol. The molecule has 26 heavy (non-hydrogen) atoms. The van der Waals surface area contributed by atoms with Crippen molar-refractivity contribution in [3.63, 3.8) is 0 Å². The summed E-state index contributed by atoms with van der Waals surface area (Å²) in [5.74, 6) is -0.117. The van der Waals surface area contributed by atoms with Gasteiger partial charge in [-0.05, 0) is 24.3 Å². The maximum absolute atomic E-state index is 13.6. The molecule has 136 valence electrons. The van der Waals surface area contributed by atoms with Crippen molar-refractivity contribution in [1.29, 1.82) is 0 Å². The van der Waals surface area contributed by atoms with E-state index in [1.165, 1.54) is 30.0 Å². The molecule has 0 N–H and O–H groups in total. The Kier molecular flexibility index (Phi) is 5.72. The van der Waals surface area contributed by atoms with E-state index in [0.29, 0.717) is 31.1 Å². The number of benzene rings is 2. The van der Waals surface area contributed by atoms with Gasteiger partial charge in [-0.2, -0.15) is 0 Å². The van der Waals surface area contributed by atoms with Crippen LogP contribution in [0.3, 0.4) is 0 Å². The van der Waals surface area contributed by atoms with Crippen LogP contribution in [-0.4, -0.2) is 47.7 Å². The highest BCUT2D eigenvalue weighted by atomic mass is 32.2. The summed E-state index contributed by atoms with van der Waals surface area (Å²) in [7, 11) is 0. The topological polar surface area (TPSA) is 66.7 Å². The minimum atomic E-state index is -0.423. The van der Waals surface area contributed by atoms with Crippen LogP contribution in [0.1, 0.15) is 0 Å². The Balaban J connectivity index is 1.50. The first kappa shape index (κ1) is 18.2. The van der Waals surface area contributed by atoms with Crippen LogP contribution in [0.25, 0.3) is 0 Å². The van der Waals surface area contributed by atoms with Crippen LogP contribution in [0, 0.1) is 15.9 Å². The fourth-order valence-electron chi connectivity index (χ4n) is 2.79. The normalized spacial score (nSPS) is 14.3. The average Bonchev–Trinajstić information content (AvgIpc) is 2.67. The van der Waals surface area contributed by atoms with Crippen molar-refractivity contribution in [2.24, 2.45) is 0 Å². The van der Waals surface area contributed by atoms with Gasteiger partial charge in [-0.1, -0.05) is 12.1 Å². The van der Waals surface area contributed by atoms with E-state index in [1.807, 2.05) is 0 Å². The van der Waals surface area contributed by atoms with Gasteiger partial charge in [0.15, 0.2) is 0 Å². The number of thioether (sulfide) groups is 1. The monoisotopic (exact) mass is 375 g/mol. The number of nitro groups is 1. The van der Waals surface area contributed by atoms with Crippen LogP contribution < -0.4 is 4.90 Å². The number of halogens is 1. The SMILES string of the molecule is O=C(CSc1ccccc1F)N1CCN(c2ccc([N+](=O)[O-])cc2)CC1. The van der Waals surface area contributed by atoms with E-state index in [9.17, 15) is 19.3 Å². The van der Waals surface area contributed by atoms with Crippen molar-refractivity contribution in [1.82, 2.24) is 4.90 Å². The zero-order valence-electron chi connectivity index (χ0n) is 14.0. The molecule has 0 aliphatic carbocycles. The predicted octanol–water partition coefficient (Wildman–Crippen LogP) is 3.17. The third-order valence-corrected chi connectivity index (χ3v) is 5.28. The number of nitro benzene ring substituents is 1. The molecule has 0 unspecified atom stereocenters. The van der Waals surface area contributed by atoms with Crippen molar-refractivity contribution in [3.05, 3.63) is 64.5 Å². The Labute approximate surface area is 154 Å². The Morgan fingerprint density at radius 3 is 2.35 bits per heavy atom. The summed E-state index contributed by atoms with van der Waals surface area (Å²) in [4.78, 5) is 27.0. The first-order valence-corrected chi connectivity index (χ1v) is 9.17. The Morgan fingerprint density at radius 1 is 1.08 bits per heavy atom. The second kappa shape index (κ2) is 8.18. The highest BCUT2D eigenvalue weighted by Gasteiger charge is 2.22. The molecular weight excluding hydrogens is 357 g/mol. The summed E-state index contributed by atoms with van der Waals surface area (Å²) in [6.45, 7) is 2.48. The average molecular weight is 375 g/mol. The van der Waals surface area contributed by atoms with Gasteiger partial charge in [-0.25, -0.2) is 4.39 Å². The van der Waals surface area contributed by atoms with Crippen LogP contribution in [-0.2, 0) is 4.79 Å². The first-order chi connectivity index (χ1) is 12.5. The zero-order valence-corrected chi connectivity index (χ0v) is 14.8. The minimum absolute atomic E-state index is 0.0124. The van der Waals surface area contributed by atoms with Crippen molar-refractivity contribution in [2.75, 3.05) is 36.8 Å². The molecule has 0 atom stereocenters. The lowest BCUT2D eigenvalue weighted by Crippen LogP contribution is -2.49. The third-order valence-electron chi connectivity index (χ3n) is 4.25. The number of nitrogens with zero attached hydrogens (tertiary/aromatic N) is 3. The van der Waals surface area contributed by atoms with Gasteiger partial charge in [0.2, 0.25) is 5.91 Å². The van der Waals surface area contributed by atoms with E-state index in [-0.39, 0.29) is 23.2 Å². The molecule has 0 bridgehead atoms. The van der Waals surface area contributed by atoms with E-state index in [2.05, 4.69) is 4.90 Å². The molecule has 0 saturated carbocycles. The molecule has 1 amide bonds. The summed E-state index contributed by atoms with van der Waals surface area (Å²) >= 11 is 1.21. The van der Waals surface area contributed by atoms with Gasteiger partial charge in [0.25, 0.3) is 5.69 Å². The van der Waals surface area contributed by atoms with Gasteiger partial charge >= 0.3 is 0 Å². The standard InChI is InChI=1S/C18H18FN3O3S/c19-16-3-1-2-4-17(16)26-13-18(23)21-11-9-20(10-12-21)14-5-7-15(8-6-14)22(24)25/h1-8H,9-13H2. The molecule has 8 heteroatoms. The molecule has 1 fully saturated rings. The van der Waals surface area contributed by atoms with Gasteiger partial charge in [0.1, 0.15) is 5.82 Å². The second-order valence-corrected chi connectivity index (χ2v) is 6.88. The van der Waals surface area contributed by atoms with E-state index in [4.69, 9.17) is 0 Å². The van der Waals surface area contributed by atoms with Crippen LogP contribution in [0.2, 0.25) is 0 Å². The summed E-state index contributed by atoms with van der Waals surface area (Å²) in [6.07, 6.45) is 0. The van der Waals surface area contributed by atoms with E-state index in [0.717, 1.165) is 5.69 Å². The van der Waals surface area contributed by atoms with Crippen LogP contribution in [0.4, 0.5) is 15.8 Å². The van der Waals surface area contributed by atoms with Gasteiger partial charge in [0, 0.05) is 48.9 Å². The van der Waals surface area contributed by atoms with Gasteiger partial charge < -0.3 is 9.80 Å². The van der Waals surface area contributed by atoms with E-state index >= 15 is 0 Å². The first-order valence-electron chi connectivity index (χ1n) is 8.19. The Morgan fingerprint density at radius 2 is 1.73 bits per heavy atom. The van der Waals surface area contributed by atoms with Gasteiger partial charge in [0.05, 0.1) is 10.7 Å². The summed E-state index contributed by atoms with van der Waals surface area (Å²) < 4.78 is 13.6. The number of rotatable bonds is 5. The number of non-ortho nitro benzene ring substituents is 1. The lowest BCUT2D eigenvalue weighted by molar-refractivity contribution is -0.384. The van der Waals surface area contributed by atoms with Crippen molar-refractivity contribution in [2.45, 2.75) is 4.90 Å².